The van der Waals surface area contributed by atoms with Gasteiger partial charge in [-0.05, 0) is 30.2 Å². The lowest BCUT2D eigenvalue weighted by molar-refractivity contribution is 0.0934. The third-order valence-corrected chi connectivity index (χ3v) is 4.41. The van der Waals surface area contributed by atoms with Gasteiger partial charge in [0.1, 0.15) is 0 Å². The number of rotatable bonds is 5. The molecule has 1 aromatic carbocycles. The molecule has 4 nitrogen and oxygen atoms in total. The second-order valence-corrected chi connectivity index (χ2v) is 6.75. The van der Waals surface area contributed by atoms with Crippen LogP contribution in [0.15, 0.2) is 35.6 Å². The SMILES string of the molecule is CSc1ncc(Cl)c(C(=O)NC(C)c2ccc(C(C)C)cc2)n1. The molecule has 0 saturated heterocycles. The summed E-state index contributed by atoms with van der Waals surface area (Å²) in [4.78, 5) is 20.6. The van der Waals surface area contributed by atoms with Crippen molar-refractivity contribution >= 4 is 29.3 Å². The topological polar surface area (TPSA) is 54.9 Å². The predicted molar refractivity (Wildman–Crippen MR) is 95.2 cm³/mol. The standard InChI is InChI=1S/C17H20ClN3OS/c1-10(2)12-5-7-13(8-6-12)11(3)20-16(22)15-14(18)9-19-17(21-15)23-4/h5-11H,1-4H3,(H,20,22). The Kier molecular flexibility index (Phi) is 6.02. The third-order valence-electron chi connectivity index (χ3n) is 3.57. The van der Waals surface area contributed by atoms with Crippen LogP contribution in [0.2, 0.25) is 5.02 Å². The molecular weight excluding hydrogens is 330 g/mol. The highest BCUT2D eigenvalue weighted by molar-refractivity contribution is 7.98. The fourth-order valence-corrected chi connectivity index (χ4v) is 2.64. The molecule has 0 fully saturated rings. The molecule has 1 heterocycles. The summed E-state index contributed by atoms with van der Waals surface area (Å²) >= 11 is 7.41. The van der Waals surface area contributed by atoms with Crippen molar-refractivity contribution in [2.45, 2.75) is 37.9 Å². The number of carbonyl (C=O) groups excluding carboxylic acids is 1. The Hall–Kier alpha value is -1.59. The second-order valence-electron chi connectivity index (χ2n) is 5.57. The summed E-state index contributed by atoms with van der Waals surface area (Å²) in [6.45, 7) is 6.24. The summed E-state index contributed by atoms with van der Waals surface area (Å²) in [6, 6.07) is 8.12. The molecule has 1 amide bonds. The van der Waals surface area contributed by atoms with Gasteiger partial charge in [-0.2, -0.15) is 0 Å². The van der Waals surface area contributed by atoms with Crippen LogP contribution in [0.4, 0.5) is 0 Å². The Balaban J connectivity index is 2.13. The van der Waals surface area contributed by atoms with Crippen LogP contribution >= 0.6 is 23.4 Å². The van der Waals surface area contributed by atoms with Crippen molar-refractivity contribution in [3.05, 3.63) is 52.3 Å². The molecule has 0 saturated carbocycles. The lowest BCUT2D eigenvalue weighted by atomic mass is 9.99. The summed E-state index contributed by atoms with van der Waals surface area (Å²) in [7, 11) is 0. The van der Waals surface area contributed by atoms with E-state index in [1.165, 1.54) is 23.5 Å². The first-order chi connectivity index (χ1) is 10.9. The Morgan fingerprint density at radius 1 is 1.17 bits per heavy atom. The largest absolute Gasteiger partial charge is 0.344 e. The van der Waals surface area contributed by atoms with Gasteiger partial charge < -0.3 is 5.32 Å². The summed E-state index contributed by atoms with van der Waals surface area (Å²) < 4.78 is 0. The van der Waals surface area contributed by atoms with Crippen LogP contribution in [0.25, 0.3) is 0 Å². The normalized spacial score (nSPS) is 12.3. The minimum absolute atomic E-state index is 0.132. The number of nitrogens with one attached hydrogen (secondary N) is 1. The first kappa shape index (κ1) is 17.8. The van der Waals surface area contributed by atoms with Crippen LogP contribution in [0.3, 0.4) is 0 Å². The van der Waals surface area contributed by atoms with Gasteiger partial charge >= 0.3 is 0 Å². The molecule has 2 rings (SSSR count). The van der Waals surface area contributed by atoms with Crippen LogP contribution in [-0.4, -0.2) is 22.1 Å². The third kappa shape index (κ3) is 4.45. The number of aromatic nitrogens is 2. The predicted octanol–water partition coefficient (Wildman–Crippen LogP) is 4.47. The van der Waals surface area contributed by atoms with Gasteiger partial charge in [-0.25, -0.2) is 9.97 Å². The van der Waals surface area contributed by atoms with Gasteiger partial charge in [0.2, 0.25) is 0 Å². The highest BCUT2D eigenvalue weighted by Gasteiger charge is 2.17. The smallest absolute Gasteiger partial charge is 0.272 e. The quantitative estimate of drug-likeness (QED) is 0.639. The van der Waals surface area contributed by atoms with Crippen LogP contribution in [0.5, 0.6) is 0 Å². The first-order valence-electron chi connectivity index (χ1n) is 7.39. The number of nitrogens with zero attached hydrogens (tertiary/aromatic N) is 2. The average Bonchev–Trinajstić information content (AvgIpc) is 2.55. The number of thioether (sulfide) groups is 1. The number of benzene rings is 1. The molecule has 0 aliphatic carbocycles. The van der Waals surface area contributed by atoms with E-state index in [9.17, 15) is 4.79 Å². The van der Waals surface area contributed by atoms with E-state index in [1.54, 1.807) is 0 Å². The highest BCUT2D eigenvalue weighted by Crippen LogP contribution is 2.20. The molecular formula is C17H20ClN3OS. The number of halogens is 1. The Morgan fingerprint density at radius 3 is 2.35 bits per heavy atom. The van der Waals surface area contributed by atoms with E-state index in [2.05, 4.69) is 41.3 Å². The minimum atomic E-state index is -0.298. The maximum absolute atomic E-state index is 12.4. The Morgan fingerprint density at radius 2 is 1.78 bits per heavy atom. The molecule has 1 aromatic heterocycles. The summed E-state index contributed by atoms with van der Waals surface area (Å²) in [6.07, 6.45) is 3.31. The van der Waals surface area contributed by atoms with E-state index in [-0.39, 0.29) is 22.7 Å². The molecule has 1 atom stereocenters. The van der Waals surface area contributed by atoms with Crippen LogP contribution in [0, 0.1) is 0 Å². The molecule has 0 aliphatic rings. The number of amides is 1. The maximum Gasteiger partial charge on any atom is 0.272 e. The number of carbonyl (C=O) groups is 1. The van der Waals surface area contributed by atoms with Crippen molar-refractivity contribution < 1.29 is 4.79 Å². The zero-order chi connectivity index (χ0) is 17.0. The van der Waals surface area contributed by atoms with Crippen molar-refractivity contribution in [3.8, 4) is 0 Å². The van der Waals surface area contributed by atoms with Crippen molar-refractivity contribution in [1.82, 2.24) is 15.3 Å². The molecule has 0 radical (unpaired) electrons. The molecule has 0 spiro atoms. The molecule has 23 heavy (non-hydrogen) atoms. The van der Waals surface area contributed by atoms with Gasteiger partial charge in [0.25, 0.3) is 5.91 Å². The maximum atomic E-state index is 12.4. The number of hydrogen-bond acceptors (Lipinski definition) is 4. The van der Waals surface area contributed by atoms with Gasteiger partial charge in [0.15, 0.2) is 10.9 Å². The van der Waals surface area contributed by atoms with E-state index in [0.29, 0.717) is 11.1 Å². The van der Waals surface area contributed by atoms with E-state index in [4.69, 9.17) is 11.6 Å². The Bertz CT molecular complexity index is 689. The molecule has 0 aliphatic heterocycles. The van der Waals surface area contributed by atoms with E-state index in [1.807, 2.05) is 25.3 Å². The van der Waals surface area contributed by atoms with Crippen molar-refractivity contribution in [2.24, 2.45) is 0 Å². The van der Waals surface area contributed by atoms with Gasteiger partial charge in [0, 0.05) is 0 Å². The van der Waals surface area contributed by atoms with Crippen LogP contribution < -0.4 is 5.32 Å². The van der Waals surface area contributed by atoms with Gasteiger partial charge in [-0.3, -0.25) is 4.79 Å². The number of hydrogen-bond donors (Lipinski definition) is 1. The monoisotopic (exact) mass is 349 g/mol. The van der Waals surface area contributed by atoms with E-state index in [0.717, 1.165) is 5.56 Å². The fraction of sp³-hybridized carbons (Fsp3) is 0.353. The molecule has 6 heteroatoms. The zero-order valence-electron chi connectivity index (χ0n) is 13.6. The van der Waals surface area contributed by atoms with Crippen LogP contribution in [0.1, 0.15) is 54.3 Å². The summed E-state index contributed by atoms with van der Waals surface area (Å²) in [5.41, 5.74) is 2.52. The van der Waals surface area contributed by atoms with Crippen molar-refractivity contribution in [1.29, 1.82) is 0 Å². The minimum Gasteiger partial charge on any atom is -0.344 e. The first-order valence-corrected chi connectivity index (χ1v) is 9.00. The Labute approximate surface area is 146 Å². The van der Waals surface area contributed by atoms with E-state index >= 15 is 0 Å². The molecule has 1 N–H and O–H groups in total. The highest BCUT2D eigenvalue weighted by atomic mass is 35.5. The lowest BCUT2D eigenvalue weighted by Crippen LogP contribution is -2.28. The molecule has 2 aromatic rings. The van der Waals surface area contributed by atoms with Crippen molar-refractivity contribution in [3.63, 3.8) is 0 Å². The zero-order valence-corrected chi connectivity index (χ0v) is 15.2. The van der Waals surface area contributed by atoms with Crippen LogP contribution in [-0.2, 0) is 0 Å². The van der Waals surface area contributed by atoms with Gasteiger partial charge in [0.05, 0.1) is 17.3 Å². The lowest BCUT2D eigenvalue weighted by Gasteiger charge is -2.16. The van der Waals surface area contributed by atoms with Gasteiger partial charge in [-0.1, -0.05) is 61.5 Å². The average molecular weight is 350 g/mol. The molecule has 122 valence electrons. The second kappa shape index (κ2) is 7.79. The summed E-state index contributed by atoms with van der Waals surface area (Å²) in [5.74, 6) is 0.187. The fourth-order valence-electron chi connectivity index (χ4n) is 2.13. The molecule has 0 bridgehead atoms. The van der Waals surface area contributed by atoms with Crippen molar-refractivity contribution in [2.75, 3.05) is 6.26 Å². The van der Waals surface area contributed by atoms with Gasteiger partial charge in [-0.15, -0.1) is 0 Å². The summed E-state index contributed by atoms with van der Waals surface area (Å²) in [5, 5.41) is 3.70. The van der Waals surface area contributed by atoms with E-state index < -0.39 is 0 Å². The molecule has 1 unspecified atom stereocenters.